The predicted octanol–water partition coefficient (Wildman–Crippen LogP) is 7.55. The molecule has 0 aliphatic rings. The third-order valence-corrected chi connectivity index (χ3v) is 7.55. The van der Waals surface area contributed by atoms with Gasteiger partial charge in [-0.1, -0.05) is 53.5 Å². The number of hydrogen-bond donors (Lipinski definition) is 2. The van der Waals surface area contributed by atoms with Crippen molar-refractivity contribution in [3.05, 3.63) is 99.7 Å². The van der Waals surface area contributed by atoms with Crippen LogP contribution in [0.2, 0.25) is 10.0 Å². The number of para-hydroxylation sites is 1. The lowest BCUT2D eigenvalue weighted by Crippen LogP contribution is -2.19. The van der Waals surface area contributed by atoms with E-state index in [1.807, 2.05) is 24.3 Å². The lowest BCUT2D eigenvalue weighted by atomic mass is 10.0. The Morgan fingerprint density at radius 3 is 2.24 bits per heavy atom. The number of nitrogens with one attached hydrogen (secondary N) is 2. The highest BCUT2D eigenvalue weighted by Gasteiger charge is 2.22. The number of aromatic amines is 1. The summed E-state index contributed by atoms with van der Waals surface area (Å²) < 4.78 is 27.4. The number of hydrogen-bond acceptors (Lipinski definition) is 8. The first-order valence-electron chi connectivity index (χ1n) is 14.0. The summed E-state index contributed by atoms with van der Waals surface area (Å²) in [7, 11) is 4.38. The van der Waals surface area contributed by atoms with E-state index in [4.69, 9.17) is 46.9 Å². The van der Waals surface area contributed by atoms with Gasteiger partial charge >= 0.3 is 5.97 Å². The fraction of sp³-hybridized carbons (Fsp3) is 0.147. The van der Waals surface area contributed by atoms with Gasteiger partial charge in [-0.2, -0.15) is 5.10 Å². The second kappa shape index (κ2) is 14.3. The van der Waals surface area contributed by atoms with Crippen molar-refractivity contribution in [3.63, 3.8) is 0 Å². The zero-order valence-electron chi connectivity index (χ0n) is 25.3. The molecule has 0 fully saturated rings. The van der Waals surface area contributed by atoms with E-state index in [0.29, 0.717) is 61.9 Å². The SMILES string of the molecule is CCOc1cc(C=NNC(=O)c2[nH]c3c(Cl)cccc3c2-c2ccccc2Cl)ccc1OC(=O)c1cc(OC)c(OC)c(OC)c1. The van der Waals surface area contributed by atoms with Crippen LogP contribution in [0.1, 0.15) is 33.3 Å². The summed E-state index contributed by atoms with van der Waals surface area (Å²) in [4.78, 5) is 29.6. The summed E-state index contributed by atoms with van der Waals surface area (Å²) in [5, 5.41) is 5.83. The number of benzene rings is 4. The monoisotopic (exact) mass is 661 g/mol. The van der Waals surface area contributed by atoms with Gasteiger partial charge < -0.3 is 28.7 Å². The van der Waals surface area contributed by atoms with Crippen LogP contribution < -0.4 is 29.1 Å². The van der Waals surface area contributed by atoms with Gasteiger partial charge in [-0.3, -0.25) is 4.79 Å². The molecule has 4 aromatic carbocycles. The van der Waals surface area contributed by atoms with Crippen LogP contribution in [-0.4, -0.2) is 51.0 Å². The number of esters is 1. The normalized spacial score (nSPS) is 11.0. The molecule has 1 amide bonds. The van der Waals surface area contributed by atoms with Crippen molar-refractivity contribution in [2.45, 2.75) is 6.92 Å². The number of hydrazone groups is 1. The second-order valence-electron chi connectivity index (χ2n) is 9.66. The topological polar surface area (TPSA) is 120 Å². The fourth-order valence-corrected chi connectivity index (χ4v) is 5.28. The summed E-state index contributed by atoms with van der Waals surface area (Å²) >= 11 is 12.9. The summed E-state index contributed by atoms with van der Waals surface area (Å²) in [6, 6.07) is 20.5. The third kappa shape index (κ3) is 6.58. The fourth-order valence-electron chi connectivity index (χ4n) is 4.83. The molecule has 12 heteroatoms. The van der Waals surface area contributed by atoms with Crippen LogP contribution in [0.15, 0.2) is 77.9 Å². The van der Waals surface area contributed by atoms with E-state index in [1.54, 1.807) is 43.3 Å². The first-order chi connectivity index (χ1) is 22.3. The van der Waals surface area contributed by atoms with Crippen molar-refractivity contribution < 1.29 is 33.3 Å². The molecular formula is C34H29Cl2N3O7. The Bertz CT molecular complexity index is 1930. The first-order valence-corrected chi connectivity index (χ1v) is 14.7. The number of nitrogens with zero attached hydrogens (tertiary/aromatic N) is 1. The Hall–Kier alpha value is -5.19. The molecule has 0 aliphatic heterocycles. The largest absolute Gasteiger partial charge is 0.493 e. The Kier molecular flexibility index (Phi) is 10.00. The summed E-state index contributed by atoms with van der Waals surface area (Å²) in [6.07, 6.45) is 1.44. The minimum absolute atomic E-state index is 0.180. The van der Waals surface area contributed by atoms with Crippen LogP contribution in [0.4, 0.5) is 0 Å². The zero-order valence-corrected chi connectivity index (χ0v) is 26.8. The highest BCUT2D eigenvalue weighted by Crippen LogP contribution is 2.40. The van der Waals surface area contributed by atoms with E-state index >= 15 is 0 Å². The lowest BCUT2D eigenvalue weighted by Gasteiger charge is -2.15. The van der Waals surface area contributed by atoms with E-state index in [2.05, 4.69) is 15.5 Å². The van der Waals surface area contributed by atoms with Gasteiger partial charge in [0.05, 0.1) is 50.3 Å². The minimum Gasteiger partial charge on any atom is -0.493 e. The lowest BCUT2D eigenvalue weighted by molar-refractivity contribution is 0.0727. The van der Waals surface area contributed by atoms with Crippen LogP contribution in [-0.2, 0) is 0 Å². The number of H-pyrrole nitrogens is 1. The number of carbonyl (C=O) groups excluding carboxylic acids is 2. The second-order valence-corrected chi connectivity index (χ2v) is 10.5. The predicted molar refractivity (Wildman–Crippen MR) is 177 cm³/mol. The molecule has 0 bridgehead atoms. The molecule has 1 heterocycles. The van der Waals surface area contributed by atoms with Gasteiger partial charge in [0.25, 0.3) is 5.91 Å². The van der Waals surface area contributed by atoms with Crippen molar-refractivity contribution in [1.29, 1.82) is 0 Å². The number of carbonyl (C=O) groups is 2. The van der Waals surface area contributed by atoms with E-state index in [1.165, 1.54) is 39.7 Å². The van der Waals surface area contributed by atoms with Gasteiger partial charge in [-0.15, -0.1) is 0 Å². The average Bonchev–Trinajstić information content (AvgIpc) is 3.46. The third-order valence-electron chi connectivity index (χ3n) is 6.90. The summed E-state index contributed by atoms with van der Waals surface area (Å²) in [5.74, 6) is 0.275. The minimum atomic E-state index is -0.665. The van der Waals surface area contributed by atoms with Crippen molar-refractivity contribution in [2.24, 2.45) is 5.10 Å². The molecule has 46 heavy (non-hydrogen) atoms. The Morgan fingerprint density at radius 1 is 0.848 bits per heavy atom. The highest BCUT2D eigenvalue weighted by atomic mass is 35.5. The number of rotatable bonds is 11. The summed E-state index contributed by atoms with van der Waals surface area (Å²) in [5.41, 5.74) is 5.44. The van der Waals surface area contributed by atoms with Crippen LogP contribution in [0.25, 0.3) is 22.0 Å². The van der Waals surface area contributed by atoms with Gasteiger partial charge in [0.15, 0.2) is 23.0 Å². The van der Waals surface area contributed by atoms with Crippen molar-refractivity contribution >= 4 is 52.2 Å². The van der Waals surface area contributed by atoms with Crippen molar-refractivity contribution in [3.8, 4) is 39.9 Å². The van der Waals surface area contributed by atoms with E-state index in [-0.39, 0.29) is 17.0 Å². The van der Waals surface area contributed by atoms with E-state index in [9.17, 15) is 9.59 Å². The molecular weight excluding hydrogens is 633 g/mol. The molecule has 10 nitrogen and oxygen atoms in total. The number of ether oxygens (including phenoxy) is 5. The van der Waals surface area contributed by atoms with Crippen LogP contribution in [0.3, 0.4) is 0 Å². The highest BCUT2D eigenvalue weighted by molar-refractivity contribution is 6.37. The van der Waals surface area contributed by atoms with Gasteiger partial charge in [-0.25, -0.2) is 10.2 Å². The molecule has 5 rings (SSSR count). The number of fused-ring (bicyclic) bond motifs is 1. The maximum Gasteiger partial charge on any atom is 0.343 e. The van der Waals surface area contributed by atoms with Gasteiger partial charge in [0.2, 0.25) is 5.75 Å². The number of halogens is 2. The first kappa shape index (κ1) is 32.2. The molecule has 0 atom stereocenters. The molecule has 0 unspecified atom stereocenters. The maximum atomic E-state index is 13.4. The van der Waals surface area contributed by atoms with E-state index < -0.39 is 11.9 Å². The molecule has 5 aromatic rings. The molecule has 0 radical (unpaired) electrons. The smallest absolute Gasteiger partial charge is 0.343 e. The summed E-state index contributed by atoms with van der Waals surface area (Å²) in [6.45, 7) is 2.11. The van der Waals surface area contributed by atoms with Crippen molar-refractivity contribution in [2.75, 3.05) is 27.9 Å². The standard InChI is InChI=1S/C34H29Cl2N3O7/c1-5-45-26-15-19(13-14-25(26)46-34(41)20-16-27(42-2)32(44-4)28(17-20)43-3)18-37-39-33(40)31-29(21-9-6-7-11-23(21)35)22-10-8-12-24(36)30(22)38-31/h6-18,38H,5H2,1-4H3,(H,39,40). The average molecular weight is 663 g/mol. The molecule has 0 saturated heterocycles. The number of amides is 1. The van der Waals surface area contributed by atoms with Crippen molar-refractivity contribution in [1.82, 2.24) is 10.4 Å². The molecule has 236 valence electrons. The maximum absolute atomic E-state index is 13.4. The molecule has 0 aliphatic carbocycles. The van der Waals surface area contributed by atoms with Crippen LogP contribution >= 0.6 is 23.2 Å². The molecule has 2 N–H and O–H groups in total. The van der Waals surface area contributed by atoms with Crippen LogP contribution in [0.5, 0.6) is 28.7 Å². The van der Waals surface area contributed by atoms with Gasteiger partial charge in [-0.05, 0) is 55.0 Å². The van der Waals surface area contributed by atoms with Crippen LogP contribution in [0, 0.1) is 0 Å². The molecule has 0 spiro atoms. The van der Waals surface area contributed by atoms with Gasteiger partial charge in [0, 0.05) is 21.5 Å². The zero-order chi connectivity index (χ0) is 32.8. The Balaban J connectivity index is 1.38. The molecule has 0 saturated carbocycles. The Morgan fingerprint density at radius 2 is 1.57 bits per heavy atom. The van der Waals surface area contributed by atoms with E-state index in [0.717, 1.165) is 5.39 Å². The quantitative estimate of drug-likeness (QED) is 0.0649. The number of aromatic nitrogens is 1. The molecule has 1 aromatic heterocycles. The Labute approximate surface area is 274 Å². The number of methoxy groups -OCH3 is 3. The van der Waals surface area contributed by atoms with Gasteiger partial charge in [0.1, 0.15) is 5.69 Å².